The van der Waals surface area contributed by atoms with Gasteiger partial charge in [0.15, 0.2) is 11.5 Å². The molecule has 184 valence electrons. The van der Waals surface area contributed by atoms with Crippen molar-refractivity contribution in [3.8, 4) is 11.5 Å². The second-order valence-corrected chi connectivity index (χ2v) is 9.23. The Hall–Kier alpha value is -3.36. The number of amides is 2. The number of thiophene rings is 1. The molecule has 2 atom stereocenters. The van der Waals surface area contributed by atoms with Gasteiger partial charge in [-0.2, -0.15) is 0 Å². The molecule has 0 unspecified atom stereocenters. The molecule has 1 aromatic heterocycles. The summed E-state index contributed by atoms with van der Waals surface area (Å²) in [5.74, 6) is 0.614. The summed E-state index contributed by atoms with van der Waals surface area (Å²) in [6.07, 6.45) is 0.635. The number of hydrogen-bond acceptors (Lipinski definition) is 6. The summed E-state index contributed by atoms with van der Waals surface area (Å²) >= 11 is 1.55. The van der Waals surface area contributed by atoms with Crippen LogP contribution in [0.1, 0.15) is 38.3 Å². The molecule has 2 heterocycles. The van der Waals surface area contributed by atoms with E-state index in [2.05, 4.69) is 5.32 Å². The lowest BCUT2D eigenvalue weighted by Crippen LogP contribution is -2.48. The van der Waals surface area contributed by atoms with E-state index >= 15 is 0 Å². The molecule has 3 aromatic rings. The van der Waals surface area contributed by atoms with E-state index < -0.39 is 12.0 Å². The van der Waals surface area contributed by atoms with Gasteiger partial charge in [-0.05, 0) is 47.2 Å². The van der Waals surface area contributed by atoms with Crippen molar-refractivity contribution in [3.05, 3.63) is 81.5 Å². The van der Waals surface area contributed by atoms with Crippen LogP contribution >= 0.6 is 11.3 Å². The third-order valence-electron chi connectivity index (χ3n) is 6.25. The number of nitrogens with zero attached hydrogens (tertiary/aromatic N) is 1. The molecule has 0 saturated carbocycles. The Balaban J connectivity index is 1.59. The number of hydrogen-bond donors (Lipinski definition) is 1. The Morgan fingerprint density at radius 1 is 1.03 bits per heavy atom. The van der Waals surface area contributed by atoms with Crippen LogP contribution in [0.3, 0.4) is 0 Å². The Labute approximate surface area is 209 Å². The molecule has 1 aliphatic heterocycles. The van der Waals surface area contributed by atoms with Crippen molar-refractivity contribution in [2.24, 2.45) is 0 Å². The molecule has 0 saturated heterocycles. The normalized spacial score (nSPS) is 17.1. The lowest BCUT2D eigenvalue weighted by atomic mass is 9.81. The number of nitrogens with one attached hydrogen (secondary N) is 1. The molecule has 0 spiro atoms. The summed E-state index contributed by atoms with van der Waals surface area (Å²) < 4.78 is 16.0. The maximum atomic E-state index is 13.7. The van der Waals surface area contributed by atoms with Crippen molar-refractivity contribution in [1.82, 2.24) is 10.2 Å². The first-order valence-corrected chi connectivity index (χ1v) is 12.4. The Kier molecular flexibility index (Phi) is 8.05. The number of fused-ring (bicyclic) bond motifs is 1. The fraction of sp³-hybridized carbons (Fsp3) is 0.333. The minimum atomic E-state index is -0.523. The van der Waals surface area contributed by atoms with Gasteiger partial charge in [-0.15, -0.1) is 11.3 Å². The van der Waals surface area contributed by atoms with Gasteiger partial charge in [0.25, 0.3) is 5.91 Å². The van der Waals surface area contributed by atoms with E-state index in [4.69, 9.17) is 14.2 Å². The molecule has 1 aliphatic rings. The first kappa shape index (κ1) is 24.8. The van der Waals surface area contributed by atoms with Gasteiger partial charge in [0.1, 0.15) is 0 Å². The van der Waals surface area contributed by atoms with E-state index in [0.29, 0.717) is 43.2 Å². The molecule has 8 heteroatoms. The molecule has 0 radical (unpaired) electrons. The van der Waals surface area contributed by atoms with Gasteiger partial charge in [0, 0.05) is 30.6 Å². The maximum absolute atomic E-state index is 13.7. The second kappa shape index (κ2) is 11.4. The van der Waals surface area contributed by atoms with Crippen LogP contribution in [0.4, 0.5) is 0 Å². The van der Waals surface area contributed by atoms with E-state index in [0.717, 1.165) is 16.0 Å². The van der Waals surface area contributed by atoms with E-state index in [-0.39, 0.29) is 11.8 Å². The standard InChI is InChI=1S/C27H30N2O5S/c1-32-15-14-29-25(23-9-6-16-35-23)24(19-7-4-5-8-20(19)27(29)31)26(30)28-13-12-18-10-11-21(33-2)22(17-18)34-3/h4-11,16-17,24-25H,12-15H2,1-3H3,(H,28,30)/t24-,25+/m0/s1. The van der Waals surface area contributed by atoms with Gasteiger partial charge >= 0.3 is 0 Å². The fourth-order valence-corrected chi connectivity index (χ4v) is 5.44. The maximum Gasteiger partial charge on any atom is 0.254 e. The summed E-state index contributed by atoms with van der Waals surface area (Å²) in [4.78, 5) is 29.9. The van der Waals surface area contributed by atoms with Crippen LogP contribution in [0.25, 0.3) is 0 Å². The highest BCUT2D eigenvalue weighted by Crippen LogP contribution is 2.44. The van der Waals surface area contributed by atoms with Gasteiger partial charge < -0.3 is 24.4 Å². The Morgan fingerprint density at radius 2 is 1.83 bits per heavy atom. The van der Waals surface area contributed by atoms with Gasteiger partial charge in [0.2, 0.25) is 5.91 Å². The van der Waals surface area contributed by atoms with Crippen molar-refractivity contribution < 1.29 is 23.8 Å². The third-order valence-corrected chi connectivity index (χ3v) is 7.20. The van der Waals surface area contributed by atoms with Gasteiger partial charge in [-0.3, -0.25) is 9.59 Å². The summed E-state index contributed by atoms with van der Waals surface area (Å²) in [7, 11) is 4.82. The van der Waals surface area contributed by atoms with Crippen LogP contribution in [0, 0.1) is 0 Å². The number of carbonyl (C=O) groups excluding carboxylic acids is 2. The van der Waals surface area contributed by atoms with Crippen molar-refractivity contribution in [1.29, 1.82) is 0 Å². The summed E-state index contributed by atoms with van der Waals surface area (Å²) in [5, 5.41) is 5.09. The van der Waals surface area contributed by atoms with E-state index in [9.17, 15) is 9.59 Å². The third kappa shape index (κ3) is 5.18. The van der Waals surface area contributed by atoms with Crippen molar-refractivity contribution in [2.75, 3.05) is 41.0 Å². The number of methoxy groups -OCH3 is 3. The van der Waals surface area contributed by atoms with E-state index in [1.807, 2.05) is 53.9 Å². The zero-order chi connectivity index (χ0) is 24.8. The van der Waals surface area contributed by atoms with Gasteiger partial charge in [-0.25, -0.2) is 0 Å². The first-order chi connectivity index (χ1) is 17.1. The Morgan fingerprint density at radius 3 is 2.54 bits per heavy atom. The molecule has 4 rings (SSSR count). The SMILES string of the molecule is COCCN1C(=O)c2ccccc2[C@H](C(=O)NCCc2ccc(OC)c(OC)c2)[C@H]1c1cccs1. The lowest BCUT2D eigenvalue weighted by molar-refractivity contribution is -0.124. The number of benzene rings is 2. The first-order valence-electron chi connectivity index (χ1n) is 11.5. The predicted octanol–water partition coefficient (Wildman–Crippen LogP) is 4.05. The monoisotopic (exact) mass is 494 g/mol. The topological polar surface area (TPSA) is 77.1 Å². The van der Waals surface area contributed by atoms with E-state index in [1.54, 1.807) is 43.6 Å². The molecular weight excluding hydrogens is 464 g/mol. The van der Waals surface area contributed by atoms with Crippen LogP contribution in [0.2, 0.25) is 0 Å². The zero-order valence-electron chi connectivity index (χ0n) is 20.2. The van der Waals surface area contributed by atoms with Crippen molar-refractivity contribution >= 4 is 23.2 Å². The molecule has 0 aliphatic carbocycles. The minimum absolute atomic E-state index is 0.0783. The molecule has 35 heavy (non-hydrogen) atoms. The summed E-state index contributed by atoms with van der Waals surface area (Å²) in [5.41, 5.74) is 2.35. The molecular formula is C27H30N2O5S. The Bertz CT molecular complexity index is 1160. The number of carbonyl (C=O) groups is 2. The smallest absolute Gasteiger partial charge is 0.254 e. The fourth-order valence-electron chi connectivity index (χ4n) is 4.56. The number of rotatable bonds is 10. The van der Waals surface area contributed by atoms with Crippen molar-refractivity contribution in [3.63, 3.8) is 0 Å². The minimum Gasteiger partial charge on any atom is -0.493 e. The molecule has 0 fully saturated rings. The van der Waals surface area contributed by atoms with Crippen LogP contribution in [0.5, 0.6) is 11.5 Å². The number of ether oxygens (including phenoxy) is 3. The highest BCUT2D eigenvalue weighted by atomic mass is 32.1. The van der Waals surface area contributed by atoms with Crippen LogP contribution < -0.4 is 14.8 Å². The van der Waals surface area contributed by atoms with Gasteiger partial charge in [0.05, 0.1) is 32.8 Å². The highest BCUT2D eigenvalue weighted by Gasteiger charge is 2.44. The summed E-state index contributed by atoms with van der Waals surface area (Å²) in [6, 6.07) is 16.7. The highest BCUT2D eigenvalue weighted by molar-refractivity contribution is 7.10. The van der Waals surface area contributed by atoms with E-state index in [1.165, 1.54) is 0 Å². The average Bonchev–Trinajstić information content (AvgIpc) is 3.42. The average molecular weight is 495 g/mol. The summed E-state index contributed by atoms with van der Waals surface area (Å²) in [6.45, 7) is 1.25. The van der Waals surface area contributed by atoms with Crippen LogP contribution in [-0.2, 0) is 16.0 Å². The van der Waals surface area contributed by atoms with Crippen LogP contribution in [0.15, 0.2) is 60.0 Å². The quantitative estimate of drug-likeness (QED) is 0.460. The molecule has 1 N–H and O–H groups in total. The second-order valence-electron chi connectivity index (χ2n) is 8.25. The molecule has 0 bridgehead atoms. The lowest BCUT2D eigenvalue weighted by Gasteiger charge is -2.41. The van der Waals surface area contributed by atoms with Crippen LogP contribution in [-0.4, -0.2) is 57.7 Å². The molecule has 2 amide bonds. The molecule has 2 aromatic carbocycles. The zero-order valence-corrected chi connectivity index (χ0v) is 21.0. The predicted molar refractivity (Wildman–Crippen MR) is 135 cm³/mol. The van der Waals surface area contributed by atoms with Gasteiger partial charge in [-0.1, -0.05) is 30.3 Å². The largest absolute Gasteiger partial charge is 0.493 e. The molecule has 7 nitrogen and oxygen atoms in total. The van der Waals surface area contributed by atoms with Crippen molar-refractivity contribution in [2.45, 2.75) is 18.4 Å².